The Morgan fingerprint density at radius 2 is 2.47 bits per heavy atom. The van der Waals surface area contributed by atoms with Crippen molar-refractivity contribution in [1.82, 2.24) is 15.2 Å². The van der Waals surface area contributed by atoms with Gasteiger partial charge in [0.05, 0.1) is 6.54 Å². The molecule has 15 heavy (non-hydrogen) atoms. The Kier molecular flexibility index (Phi) is 4.99. The molecule has 0 bridgehead atoms. The molecule has 1 fully saturated rings. The fourth-order valence-electron chi connectivity index (χ4n) is 1.77. The van der Waals surface area contributed by atoms with Gasteiger partial charge in [-0.1, -0.05) is 0 Å². The number of piperazine rings is 1. The van der Waals surface area contributed by atoms with E-state index in [0.29, 0.717) is 6.04 Å². The highest BCUT2D eigenvalue weighted by molar-refractivity contribution is 7.11. The molecule has 0 saturated carbocycles. The lowest BCUT2D eigenvalue weighted by Gasteiger charge is -2.33. The maximum atomic E-state index is 4.40. The number of rotatable bonds is 2. The van der Waals surface area contributed by atoms with Crippen molar-refractivity contribution in [1.29, 1.82) is 0 Å². The summed E-state index contributed by atoms with van der Waals surface area (Å²) in [5, 5.41) is 4.64. The van der Waals surface area contributed by atoms with Crippen LogP contribution in [-0.2, 0) is 6.54 Å². The van der Waals surface area contributed by atoms with Crippen LogP contribution < -0.4 is 5.32 Å². The van der Waals surface area contributed by atoms with E-state index < -0.39 is 0 Å². The molecule has 3 nitrogen and oxygen atoms in total. The van der Waals surface area contributed by atoms with E-state index in [1.165, 1.54) is 9.88 Å². The first-order valence-corrected chi connectivity index (χ1v) is 5.93. The highest BCUT2D eigenvalue weighted by Crippen LogP contribution is 2.15. The number of aromatic nitrogens is 1. The second kappa shape index (κ2) is 5.80. The third-order valence-corrected chi connectivity index (χ3v) is 3.54. The summed E-state index contributed by atoms with van der Waals surface area (Å²) in [7, 11) is 0. The van der Waals surface area contributed by atoms with Crippen LogP contribution >= 0.6 is 23.7 Å². The second-order valence-corrected chi connectivity index (χ2v) is 5.21. The van der Waals surface area contributed by atoms with E-state index in [4.69, 9.17) is 0 Å². The Bertz CT molecular complexity index is 303. The molecule has 0 spiro atoms. The number of thiazole rings is 1. The largest absolute Gasteiger partial charge is 0.314 e. The second-order valence-electron chi connectivity index (χ2n) is 3.89. The molecular weight excluding hydrogens is 230 g/mol. The van der Waals surface area contributed by atoms with Gasteiger partial charge in [0.15, 0.2) is 0 Å². The van der Waals surface area contributed by atoms with Gasteiger partial charge < -0.3 is 5.32 Å². The molecule has 2 rings (SSSR count). The van der Waals surface area contributed by atoms with E-state index in [9.17, 15) is 0 Å². The number of hydrogen-bond donors (Lipinski definition) is 1. The molecule has 0 radical (unpaired) electrons. The number of hydrogen-bond acceptors (Lipinski definition) is 4. The lowest BCUT2D eigenvalue weighted by Crippen LogP contribution is -2.49. The zero-order valence-electron chi connectivity index (χ0n) is 9.19. The highest BCUT2D eigenvalue weighted by Gasteiger charge is 2.18. The summed E-state index contributed by atoms with van der Waals surface area (Å²) in [5.74, 6) is 0. The maximum Gasteiger partial charge on any atom is 0.107 e. The third-order valence-electron chi connectivity index (χ3n) is 2.65. The molecule has 1 aromatic heterocycles. The van der Waals surface area contributed by atoms with Gasteiger partial charge in [-0.2, -0.15) is 0 Å². The number of nitrogens with one attached hydrogen (secondary N) is 1. The minimum Gasteiger partial charge on any atom is -0.314 e. The van der Waals surface area contributed by atoms with Crippen LogP contribution in [0.1, 0.15) is 16.8 Å². The van der Waals surface area contributed by atoms with Crippen LogP contribution in [0.2, 0.25) is 0 Å². The summed E-state index contributed by atoms with van der Waals surface area (Å²) in [6.07, 6.45) is 1.97. The lowest BCUT2D eigenvalue weighted by atomic mass is 10.2. The maximum absolute atomic E-state index is 4.40. The molecule has 5 heteroatoms. The quantitative estimate of drug-likeness (QED) is 0.862. The molecule has 0 amide bonds. The molecule has 1 aliphatic rings. The van der Waals surface area contributed by atoms with Crippen LogP contribution in [0.3, 0.4) is 0 Å². The van der Waals surface area contributed by atoms with Gasteiger partial charge in [-0.05, 0) is 13.8 Å². The van der Waals surface area contributed by atoms with E-state index in [0.717, 1.165) is 26.2 Å². The standard InChI is InChI=1S/C10H17N3S.ClH/c1-8-5-11-3-4-13(8)7-10-12-6-9(2)14-10;/h6,8,11H,3-5,7H2,1-2H3;1H. The summed E-state index contributed by atoms with van der Waals surface area (Å²) in [6, 6.07) is 0.632. The Hall–Kier alpha value is -0.160. The first kappa shape index (κ1) is 12.9. The van der Waals surface area contributed by atoms with Crippen molar-refractivity contribution in [2.45, 2.75) is 26.4 Å². The van der Waals surface area contributed by atoms with Crippen LogP contribution in [0.25, 0.3) is 0 Å². The first-order chi connectivity index (χ1) is 6.75. The van der Waals surface area contributed by atoms with E-state index in [-0.39, 0.29) is 12.4 Å². The summed E-state index contributed by atoms with van der Waals surface area (Å²) >= 11 is 1.81. The van der Waals surface area contributed by atoms with Gasteiger partial charge in [-0.15, -0.1) is 23.7 Å². The van der Waals surface area contributed by atoms with Crippen LogP contribution in [0, 0.1) is 6.92 Å². The highest BCUT2D eigenvalue weighted by atomic mass is 35.5. The lowest BCUT2D eigenvalue weighted by molar-refractivity contribution is 0.165. The van der Waals surface area contributed by atoms with Crippen molar-refractivity contribution in [3.8, 4) is 0 Å². The molecule has 1 saturated heterocycles. The molecule has 1 N–H and O–H groups in total. The van der Waals surface area contributed by atoms with Gasteiger partial charge in [-0.25, -0.2) is 4.98 Å². The minimum absolute atomic E-state index is 0. The predicted octanol–water partition coefficient (Wildman–Crippen LogP) is 1.67. The predicted molar refractivity (Wildman–Crippen MR) is 66.8 cm³/mol. The molecule has 0 aromatic carbocycles. The van der Waals surface area contributed by atoms with Crippen molar-refractivity contribution in [3.05, 3.63) is 16.1 Å². The Balaban J connectivity index is 0.00000112. The SMILES string of the molecule is Cc1cnc(CN2CCNCC2C)s1.Cl. The van der Waals surface area contributed by atoms with Crippen LogP contribution in [0.4, 0.5) is 0 Å². The molecule has 1 unspecified atom stereocenters. The van der Waals surface area contributed by atoms with Gasteiger partial charge in [0.25, 0.3) is 0 Å². The summed E-state index contributed by atoms with van der Waals surface area (Å²) in [5.41, 5.74) is 0. The van der Waals surface area contributed by atoms with Gasteiger partial charge in [0.1, 0.15) is 5.01 Å². The third kappa shape index (κ3) is 3.41. The van der Waals surface area contributed by atoms with Gasteiger partial charge in [0.2, 0.25) is 0 Å². The first-order valence-electron chi connectivity index (χ1n) is 5.12. The fraction of sp³-hybridized carbons (Fsp3) is 0.700. The van der Waals surface area contributed by atoms with E-state index >= 15 is 0 Å². The number of halogens is 1. The Morgan fingerprint density at radius 3 is 3.07 bits per heavy atom. The molecule has 1 aromatic rings. The van der Waals surface area contributed by atoms with Gasteiger partial charge in [-0.3, -0.25) is 4.90 Å². The Morgan fingerprint density at radius 1 is 1.67 bits per heavy atom. The molecule has 0 aliphatic carbocycles. The van der Waals surface area contributed by atoms with E-state index in [1.54, 1.807) is 0 Å². The number of aryl methyl sites for hydroxylation is 1. The van der Waals surface area contributed by atoms with Crippen LogP contribution in [-0.4, -0.2) is 35.6 Å². The smallest absolute Gasteiger partial charge is 0.107 e. The fourth-order valence-corrected chi connectivity index (χ4v) is 2.58. The minimum atomic E-state index is 0. The molecule has 1 atom stereocenters. The van der Waals surface area contributed by atoms with Crippen molar-refractivity contribution in [3.63, 3.8) is 0 Å². The Labute approximate surface area is 101 Å². The van der Waals surface area contributed by atoms with Crippen LogP contribution in [0.15, 0.2) is 6.20 Å². The molecular formula is C10H18ClN3S. The zero-order chi connectivity index (χ0) is 9.97. The zero-order valence-corrected chi connectivity index (χ0v) is 10.8. The summed E-state index contributed by atoms with van der Waals surface area (Å²) in [4.78, 5) is 8.20. The summed E-state index contributed by atoms with van der Waals surface area (Å²) in [6.45, 7) is 8.75. The molecule has 1 aliphatic heterocycles. The molecule has 86 valence electrons. The van der Waals surface area contributed by atoms with Crippen molar-refractivity contribution >= 4 is 23.7 Å². The van der Waals surface area contributed by atoms with Crippen molar-refractivity contribution in [2.24, 2.45) is 0 Å². The van der Waals surface area contributed by atoms with Gasteiger partial charge >= 0.3 is 0 Å². The van der Waals surface area contributed by atoms with Gasteiger partial charge in [0, 0.05) is 36.8 Å². The van der Waals surface area contributed by atoms with Crippen LogP contribution in [0.5, 0.6) is 0 Å². The number of nitrogens with zero attached hydrogens (tertiary/aromatic N) is 2. The topological polar surface area (TPSA) is 28.2 Å². The van der Waals surface area contributed by atoms with Crippen molar-refractivity contribution in [2.75, 3.05) is 19.6 Å². The summed E-state index contributed by atoms with van der Waals surface area (Å²) < 4.78 is 0. The van der Waals surface area contributed by atoms with Crippen molar-refractivity contribution < 1.29 is 0 Å². The van der Waals surface area contributed by atoms with E-state index in [1.807, 2.05) is 17.5 Å². The average molecular weight is 248 g/mol. The van der Waals surface area contributed by atoms with E-state index in [2.05, 4.69) is 29.0 Å². The normalized spacial score (nSPS) is 22.4. The monoisotopic (exact) mass is 247 g/mol. The molecule has 2 heterocycles. The average Bonchev–Trinajstić information content (AvgIpc) is 2.56.